The van der Waals surface area contributed by atoms with Crippen LogP contribution in [0.2, 0.25) is 5.02 Å². The highest BCUT2D eigenvalue weighted by molar-refractivity contribution is 7.89. The summed E-state index contributed by atoms with van der Waals surface area (Å²) in [7, 11) is -3.33. The molecule has 0 heterocycles. The third kappa shape index (κ3) is 5.28. The number of fused-ring (bicyclic) bond motifs is 1. The van der Waals surface area contributed by atoms with E-state index in [0.717, 1.165) is 29.5 Å². The smallest absolute Gasteiger partial charge is 0.212 e. The van der Waals surface area contributed by atoms with Crippen LogP contribution in [0, 0.1) is 0 Å². The molecule has 0 radical (unpaired) electrons. The van der Waals surface area contributed by atoms with E-state index in [0.29, 0.717) is 24.7 Å². The number of aryl methyl sites for hydroxylation is 1. The quantitative estimate of drug-likeness (QED) is 0.708. The molecule has 134 valence electrons. The van der Waals surface area contributed by atoms with Crippen LogP contribution in [0.25, 0.3) is 0 Å². The molecule has 0 aromatic heterocycles. The highest BCUT2D eigenvalue weighted by Crippen LogP contribution is 2.33. The summed E-state index contributed by atoms with van der Waals surface area (Å²) in [6, 6.07) is 15.3. The first kappa shape index (κ1) is 18.4. The van der Waals surface area contributed by atoms with Crippen molar-refractivity contribution in [2.45, 2.75) is 31.9 Å². The van der Waals surface area contributed by atoms with Crippen LogP contribution in [0.5, 0.6) is 0 Å². The molecule has 4 nitrogen and oxygen atoms in total. The monoisotopic (exact) mass is 379 g/mol. The molecule has 1 unspecified atom stereocenters. The van der Waals surface area contributed by atoms with Crippen molar-refractivity contribution in [3.63, 3.8) is 0 Å². The van der Waals surface area contributed by atoms with E-state index in [1.165, 1.54) is 0 Å². The highest BCUT2D eigenvalue weighted by atomic mass is 35.5. The summed E-state index contributed by atoms with van der Waals surface area (Å²) < 4.78 is 33.0. The second kappa shape index (κ2) is 8.32. The Kier molecular flexibility index (Phi) is 6.12. The molecule has 0 bridgehead atoms. The molecule has 25 heavy (non-hydrogen) atoms. The van der Waals surface area contributed by atoms with Gasteiger partial charge < -0.3 is 4.74 Å². The second-order valence-corrected chi connectivity index (χ2v) is 8.57. The van der Waals surface area contributed by atoms with Crippen LogP contribution in [0.15, 0.2) is 48.5 Å². The van der Waals surface area contributed by atoms with Crippen molar-refractivity contribution >= 4 is 21.6 Å². The lowest BCUT2D eigenvalue weighted by Crippen LogP contribution is -2.30. The van der Waals surface area contributed by atoms with Crippen LogP contribution in [0.1, 0.15) is 35.6 Å². The Balaban J connectivity index is 1.44. The third-order valence-corrected chi connectivity index (χ3v) is 6.02. The van der Waals surface area contributed by atoms with Crippen molar-refractivity contribution in [2.24, 2.45) is 0 Å². The number of hydrogen-bond acceptors (Lipinski definition) is 3. The molecule has 0 fully saturated rings. The van der Waals surface area contributed by atoms with Gasteiger partial charge >= 0.3 is 0 Å². The fraction of sp³-hybridized carbons (Fsp3) is 0.368. The molecule has 0 saturated carbocycles. The Bertz CT molecular complexity index is 809. The van der Waals surface area contributed by atoms with Gasteiger partial charge in [0.1, 0.15) is 0 Å². The largest absolute Gasteiger partial charge is 0.377 e. The maximum atomic E-state index is 12.3. The number of ether oxygens (including phenoxy) is 1. The van der Waals surface area contributed by atoms with Crippen molar-refractivity contribution in [1.29, 1.82) is 0 Å². The Morgan fingerprint density at radius 2 is 1.96 bits per heavy atom. The maximum absolute atomic E-state index is 12.3. The minimum atomic E-state index is -3.33. The Hall–Kier alpha value is -1.40. The summed E-state index contributed by atoms with van der Waals surface area (Å²) >= 11 is 5.99. The van der Waals surface area contributed by atoms with E-state index >= 15 is 0 Å². The highest BCUT2D eigenvalue weighted by Gasteiger charge is 2.26. The molecule has 0 amide bonds. The van der Waals surface area contributed by atoms with Gasteiger partial charge in [-0.1, -0.05) is 48.0 Å². The molecule has 1 aliphatic carbocycles. The Morgan fingerprint density at radius 3 is 2.76 bits per heavy atom. The van der Waals surface area contributed by atoms with E-state index in [1.54, 1.807) is 0 Å². The first-order chi connectivity index (χ1) is 12.0. The van der Waals surface area contributed by atoms with Gasteiger partial charge in [0.25, 0.3) is 0 Å². The number of sulfonamides is 1. The summed E-state index contributed by atoms with van der Waals surface area (Å²) in [6.45, 7) is 0.928. The first-order valence-corrected chi connectivity index (χ1v) is 10.5. The van der Waals surface area contributed by atoms with Gasteiger partial charge in [-0.2, -0.15) is 0 Å². The predicted octanol–water partition coefficient (Wildman–Crippen LogP) is 3.85. The Morgan fingerprint density at radius 1 is 1.16 bits per heavy atom. The zero-order valence-corrected chi connectivity index (χ0v) is 15.5. The predicted molar refractivity (Wildman–Crippen MR) is 100 cm³/mol. The van der Waals surface area contributed by atoms with E-state index in [-0.39, 0.29) is 11.8 Å². The lowest BCUT2D eigenvalue weighted by atomic mass is 10.1. The second-order valence-electron chi connectivity index (χ2n) is 6.26. The summed E-state index contributed by atoms with van der Waals surface area (Å²) in [5.74, 6) is 0.0706. The van der Waals surface area contributed by atoms with Crippen molar-refractivity contribution in [3.05, 3.63) is 70.2 Å². The number of halogens is 1. The minimum absolute atomic E-state index is 0.0706. The fourth-order valence-corrected chi connectivity index (χ4v) is 4.59. The standard InChI is InChI=1S/C19H22ClNO3S/c20-17-8-9-18-16(13-17)7-10-19(18)21-25(22,23)12-4-11-24-14-15-5-2-1-3-6-15/h1-3,5-6,8-9,13,19,21H,4,7,10-12,14H2. The van der Waals surface area contributed by atoms with Crippen molar-refractivity contribution in [2.75, 3.05) is 12.4 Å². The average molecular weight is 380 g/mol. The van der Waals surface area contributed by atoms with Crippen molar-refractivity contribution < 1.29 is 13.2 Å². The molecule has 2 aromatic rings. The van der Waals surface area contributed by atoms with Gasteiger partial charge in [-0.3, -0.25) is 0 Å². The summed E-state index contributed by atoms with van der Waals surface area (Å²) in [6.07, 6.45) is 2.10. The molecule has 6 heteroatoms. The number of hydrogen-bond donors (Lipinski definition) is 1. The fourth-order valence-electron chi connectivity index (χ4n) is 3.10. The average Bonchev–Trinajstić information content (AvgIpc) is 2.96. The van der Waals surface area contributed by atoms with Crippen LogP contribution in [0.3, 0.4) is 0 Å². The van der Waals surface area contributed by atoms with Gasteiger partial charge in [-0.15, -0.1) is 0 Å². The van der Waals surface area contributed by atoms with Gasteiger partial charge in [-0.25, -0.2) is 13.1 Å². The van der Waals surface area contributed by atoms with E-state index in [9.17, 15) is 8.42 Å². The number of benzene rings is 2. The zero-order chi connectivity index (χ0) is 17.7. The number of rotatable bonds is 8. The van der Waals surface area contributed by atoms with Gasteiger partial charge in [-0.05, 0) is 48.1 Å². The third-order valence-electron chi connectivity index (χ3n) is 4.32. The van der Waals surface area contributed by atoms with Crippen LogP contribution in [0.4, 0.5) is 0 Å². The van der Waals surface area contributed by atoms with E-state index < -0.39 is 10.0 Å². The molecule has 2 aromatic carbocycles. The van der Waals surface area contributed by atoms with Crippen molar-refractivity contribution in [3.8, 4) is 0 Å². The normalized spacial score (nSPS) is 16.8. The van der Waals surface area contributed by atoms with Crippen LogP contribution in [-0.4, -0.2) is 20.8 Å². The van der Waals surface area contributed by atoms with E-state index in [2.05, 4.69) is 4.72 Å². The molecular formula is C19H22ClNO3S. The lowest BCUT2D eigenvalue weighted by molar-refractivity contribution is 0.122. The summed E-state index contributed by atoms with van der Waals surface area (Å²) in [4.78, 5) is 0. The zero-order valence-electron chi connectivity index (χ0n) is 13.9. The first-order valence-electron chi connectivity index (χ1n) is 8.43. The lowest BCUT2D eigenvalue weighted by Gasteiger charge is -2.14. The van der Waals surface area contributed by atoms with Crippen LogP contribution >= 0.6 is 11.6 Å². The van der Waals surface area contributed by atoms with E-state index in [4.69, 9.17) is 16.3 Å². The molecule has 0 aliphatic heterocycles. The molecule has 3 rings (SSSR count). The molecule has 0 spiro atoms. The maximum Gasteiger partial charge on any atom is 0.212 e. The van der Waals surface area contributed by atoms with E-state index in [1.807, 2.05) is 48.5 Å². The van der Waals surface area contributed by atoms with Gasteiger partial charge in [0.05, 0.1) is 12.4 Å². The SMILES string of the molecule is O=S(=O)(CCCOCc1ccccc1)NC1CCc2cc(Cl)ccc21. The molecule has 1 N–H and O–H groups in total. The minimum Gasteiger partial charge on any atom is -0.377 e. The molecule has 1 atom stereocenters. The van der Waals surface area contributed by atoms with Crippen LogP contribution in [-0.2, 0) is 27.8 Å². The number of nitrogens with one attached hydrogen (secondary N) is 1. The topological polar surface area (TPSA) is 55.4 Å². The van der Waals surface area contributed by atoms with Crippen molar-refractivity contribution in [1.82, 2.24) is 4.72 Å². The molecule has 1 aliphatic rings. The molecule has 0 saturated heterocycles. The van der Waals surface area contributed by atoms with Gasteiger partial charge in [0.15, 0.2) is 0 Å². The molecular weight excluding hydrogens is 358 g/mol. The van der Waals surface area contributed by atoms with Crippen LogP contribution < -0.4 is 4.72 Å². The van der Waals surface area contributed by atoms with Gasteiger partial charge in [0, 0.05) is 17.7 Å². The summed E-state index contributed by atoms with van der Waals surface area (Å²) in [5.41, 5.74) is 3.25. The summed E-state index contributed by atoms with van der Waals surface area (Å²) in [5, 5.41) is 0.692. The Labute approximate surface area is 154 Å². The van der Waals surface area contributed by atoms with Gasteiger partial charge in [0.2, 0.25) is 10.0 Å².